The summed E-state index contributed by atoms with van der Waals surface area (Å²) in [6.45, 7) is 0.295. The van der Waals surface area contributed by atoms with Crippen molar-refractivity contribution in [1.82, 2.24) is 4.90 Å². The molecule has 2 atom stereocenters. The standard InChI is InChI=1S/C10H18F3N3O/c11-10(12,13)8(4-14)6-16-3-1-2-7(5-16)9(15)17/h7-8H,1-6,14H2,(H2,15,17). The lowest BCUT2D eigenvalue weighted by molar-refractivity contribution is -0.177. The first-order valence-electron chi connectivity index (χ1n) is 5.63. The molecule has 17 heavy (non-hydrogen) atoms. The molecule has 0 aliphatic carbocycles. The van der Waals surface area contributed by atoms with E-state index in [1.807, 2.05) is 0 Å². The van der Waals surface area contributed by atoms with Gasteiger partial charge in [0.1, 0.15) is 0 Å². The van der Waals surface area contributed by atoms with Crippen molar-refractivity contribution < 1.29 is 18.0 Å². The van der Waals surface area contributed by atoms with E-state index in [1.165, 1.54) is 0 Å². The molecule has 0 aromatic heterocycles. The van der Waals surface area contributed by atoms with Crippen molar-refractivity contribution in [2.24, 2.45) is 23.3 Å². The van der Waals surface area contributed by atoms with Crippen LogP contribution in [0.5, 0.6) is 0 Å². The lowest BCUT2D eigenvalue weighted by atomic mass is 9.96. The van der Waals surface area contributed by atoms with E-state index < -0.39 is 24.5 Å². The zero-order valence-electron chi connectivity index (χ0n) is 9.54. The van der Waals surface area contributed by atoms with E-state index >= 15 is 0 Å². The number of hydrogen-bond donors (Lipinski definition) is 2. The summed E-state index contributed by atoms with van der Waals surface area (Å²) in [6.07, 6.45) is -2.93. The summed E-state index contributed by atoms with van der Waals surface area (Å²) < 4.78 is 37.6. The Morgan fingerprint density at radius 2 is 2.12 bits per heavy atom. The monoisotopic (exact) mass is 253 g/mol. The van der Waals surface area contributed by atoms with Gasteiger partial charge in [-0.2, -0.15) is 13.2 Å². The minimum atomic E-state index is -4.28. The number of alkyl halides is 3. The Balaban J connectivity index is 2.53. The molecule has 1 amide bonds. The number of rotatable bonds is 4. The Hall–Kier alpha value is -0.820. The lowest BCUT2D eigenvalue weighted by Gasteiger charge is -2.34. The first kappa shape index (κ1) is 14.2. The highest BCUT2D eigenvalue weighted by molar-refractivity contribution is 5.76. The third-order valence-electron chi connectivity index (χ3n) is 3.13. The average Bonchev–Trinajstić information content (AvgIpc) is 2.24. The predicted octanol–water partition coefficient (Wildman–Crippen LogP) is 0.321. The van der Waals surface area contributed by atoms with E-state index in [2.05, 4.69) is 0 Å². The van der Waals surface area contributed by atoms with Gasteiger partial charge in [-0.1, -0.05) is 0 Å². The fraction of sp³-hybridized carbons (Fsp3) is 0.900. The Labute approximate surface area is 98.1 Å². The fourth-order valence-corrected chi connectivity index (χ4v) is 2.08. The van der Waals surface area contributed by atoms with E-state index in [4.69, 9.17) is 11.5 Å². The quantitative estimate of drug-likeness (QED) is 0.758. The highest BCUT2D eigenvalue weighted by atomic mass is 19.4. The fourth-order valence-electron chi connectivity index (χ4n) is 2.08. The Morgan fingerprint density at radius 3 is 2.59 bits per heavy atom. The summed E-state index contributed by atoms with van der Waals surface area (Å²) in [5.41, 5.74) is 10.3. The van der Waals surface area contributed by atoms with Crippen LogP contribution in [0.25, 0.3) is 0 Å². The Bertz CT molecular complexity index is 270. The van der Waals surface area contributed by atoms with Crippen molar-refractivity contribution in [2.45, 2.75) is 19.0 Å². The van der Waals surface area contributed by atoms with Gasteiger partial charge < -0.3 is 16.4 Å². The number of carbonyl (C=O) groups excluding carboxylic acids is 1. The number of piperidine rings is 1. The van der Waals surface area contributed by atoms with Crippen LogP contribution in [0.4, 0.5) is 13.2 Å². The SMILES string of the molecule is NCC(CN1CCCC(C(N)=O)C1)C(F)(F)F. The van der Waals surface area contributed by atoms with Crippen LogP contribution in [0, 0.1) is 11.8 Å². The van der Waals surface area contributed by atoms with E-state index in [1.54, 1.807) is 4.90 Å². The first-order valence-corrected chi connectivity index (χ1v) is 5.63. The van der Waals surface area contributed by atoms with Crippen LogP contribution in [0.15, 0.2) is 0 Å². The van der Waals surface area contributed by atoms with Gasteiger partial charge in [0.2, 0.25) is 5.91 Å². The van der Waals surface area contributed by atoms with Gasteiger partial charge in [-0.05, 0) is 19.4 Å². The predicted molar refractivity (Wildman–Crippen MR) is 57.0 cm³/mol. The molecule has 1 heterocycles. The van der Waals surface area contributed by atoms with Crippen LogP contribution < -0.4 is 11.5 Å². The highest BCUT2D eigenvalue weighted by Crippen LogP contribution is 2.27. The molecule has 0 spiro atoms. The number of amides is 1. The summed E-state index contributed by atoms with van der Waals surface area (Å²) >= 11 is 0. The molecular weight excluding hydrogens is 235 g/mol. The summed E-state index contributed by atoms with van der Waals surface area (Å²) in [6, 6.07) is 0. The zero-order chi connectivity index (χ0) is 13.1. The van der Waals surface area contributed by atoms with Crippen LogP contribution >= 0.6 is 0 Å². The molecule has 2 unspecified atom stereocenters. The van der Waals surface area contributed by atoms with Gasteiger partial charge in [-0.3, -0.25) is 4.79 Å². The summed E-state index contributed by atoms with van der Waals surface area (Å²) in [5.74, 6) is -2.31. The number of likely N-dealkylation sites (tertiary alicyclic amines) is 1. The molecule has 4 nitrogen and oxygen atoms in total. The van der Waals surface area contributed by atoms with Crippen LogP contribution in [0.1, 0.15) is 12.8 Å². The van der Waals surface area contributed by atoms with Crippen LogP contribution in [-0.2, 0) is 4.79 Å². The van der Waals surface area contributed by atoms with Gasteiger partial charge in [-0.25, -0.2) is 0 Å². The number of primary amides is 1. The van der Waals surface area contributed by atoms with E-state index in [-0.39, 0.29) is 12.5 Å². The minimum absolute atomic E-state index is 0.149. The third-order valence-corrected chi connectivity index (χ3v) is 3.13. The molecule has 7 heteroatoms. The first-order chi connectivity index (χ1) is 7.84. The summed E-state index contributed by atoms with van der Waals surface area (Å²) in [7, 11) is 0. The van der Waals surface area contributed by atoms with Gasteiger partial charge in [0.15, 0.2) is 0 Å². The second-order valence-corrected chi connectivity index (χ2v) is 4.48. The number of nitrogens with two attached hydrogens (primary N) is 2. The Kier molecular flexibility index (Phi) is 4.76. The van der Waals surface area contributed by atoms with Crippen molar-refractivity contribution in [3.8, 4) is 0 Å². The van der Waals surface area contributed by atoms with Crippen molar-refractivity contribution in [2.75, 3.05) is 26.2 Å². The second kappa shape index (κ2) is 5.68. The molecule has 1 aliphatic rings. The maximum atomic E-state index is 12.5. The van der Waals surface area contributed by atoms with Gasteiger partial charge >= 0.3 is 6.18 Å². The number of nitrogens with zero attached hydrogens (tertiary/aromatic N) is 1. The largest absolute Gasteiger partial charge is 0.394 e. The topological polar surface area (TPSA) is 72.3 Å². The van der Waals surface area contributed by atoms with Gasteiger partial charge in [0.05, 0.1) is 11.8 Å². The van der Waals surface area contributed by atoms with Crippen molar-refractivity contribution >= 4 is 5.91 Å². The molecule has 100 valence electrons. The van der Waals surface area contributed by atoms with Gasteiger partial charge in [-0.15, -0.1) is 0 Å². The lowest BCUT2D eigenvalue weighted by Crippen LogP contribution is -2.47. The van der Waals surface area contributed by atoms with Crippen molar-refractivity contribution in [3.63, 3.8) is 0 Å². The third kappa shape index (κ3) is 4.16. The smallest absolute Gasteiger partial charge is 0.369 e. The van der Waals surface area contributed by atoms with Gasteiger partial charge in [0.25, 0.3) is 0 Å². The number of carbonyl (C=O) groups is 1. The summed E-state index contributed by atoms with van der Waals surface area (Å²) in [4.78, 5) is 12.6. The number of hydrogen-bond acceptors (Lipinski definition) is 3. The van der Waals surface area contributed by atoms with E-state index in [0.717, 1.165) is 0 Å². The van der Waals surface area contributed by atoms with Crippen LogP contribution in [0.2, 0.25) is 0 Å². The second-order valence-electron chi connectivity index (χ2n) is 4.48. The molecule has 0 aromatic rings. The maximum Gasteiger partial charge on any atom is 0.394 e. The van der Waals surface area contributed by atoms with E-state index in [0.29, 0.717) is 25.9 Å². The van der Waals surface area contributed by atoms with Crippen molar-refractivity contribution in [3.05, 3.63) is 0 Å². The molecule has 1 saturated heterocycles. The van der Waals surface area contributed by atoms with Crippen molar-refractivity contribution in [1.29, 1.82) is 0 Å². The minimum Gasteiger partial charge on any atom is -0.369 e. The number of halogens is 3. The summed E-state index contributed by atoms with van der Waals surface area (Å²) in [5, 5.41) is 0. The van der Waals surface area contributed by atoms with Gasteiger partial charge in [0, 0.05) is 19.6 Å². The maximum absolute atomic E-state index is 12.5. The molecule has 0 bridgehead atoms. The molecule has 0 radical (unpaired) electrons. The van der Waals surface area contributed by atoms with E-state index in [9.17, 15) is 18.0 Å². The normalized spacial score (nSPS) is 24.6. The average molecular weight is 253 g/mol. The highest BCUT2D eigenvalue weighted by Gasteiger charge is 2.40. The van der Waals surface area contributed by atoms with Crippen LogP contribution in [0.3, 0.4) is 0 Å². The molecule has 1 rings (SSSR count). The zero-order valence-corrected chi connectivity index (χ0v) is 9.54. The molecule has 0 saturated carbocycles. The molecule has 0 aromatic carbocycles. The molecule has 4 N–H and O–H groups in total. The molecule has 1 fully saturated rings. The molecule has 1 aliphatic heterocycles. The Morgan fingerprint density at radius 1 is 1.47 bits per heavy atom. The van der Waals surface area contributed by atoms with Crippen LogP contribution in [-0.4, -0.2) is 43.2 Å². The molecular formula is C10H18F3N3O.